The summed E-state index contributed by atoms with van der Waals surface area (Å²) in [5.41, 5.74) is 0. The van der Waals surface area contributed by atoms with Crippen LogP contribution in [-0.4, -0.2) is 66.5 Å². The monoisotopic (exact) mass is 1030 g/mol. The first kappa shape index (κ1) is 68.4. The number of phosphoric acid groups is 1. The average Bonchev–Trinajstić information content (AvgIpc) is 3.37. The highest BCUT2D eigenvalue weighted by atomic mass is 31.2. The molecule has 12 heteroatoms. The number of unbranched alkanes of at least 4 members (excludes halogenated alkanes) is 19. The van der Waals surface area contributed by atoms with E-state index in [1.54, 1.807) is 6.08 Å². The summed E-state index contributed by atoms with van der Waals surface area (Å²) in [7, 11) is -4.77. The predicted molar refractivity (Wildman–Crippen MR) is 297 cm³/mol. The third-order valence-corrected chi connectivity index (χ3v) is 12.4. The summed E-state index contributed by atoms with van der Waals surface area (Å²) in [5, 5.41) is 9.78. The van der Waals surface area contributed by atoms with E-state index in [1.807, 2.05) is 12.2 Å². The zero-order valence-electron chi connectivity index (χ0n) is 45.4. The van der Waals surface area contributed by atoms with Crippen LogP contribution in [0, 0.1) is 0 Å². The minimum atomic E-state index is -4.77. The fourth-order valence-electron chi connectivity index (χ4n) is 7.20. The molecule has 0 aliphatic carbocycles. The third-order valence-electron chi connectivity index (χ3n) is 11.5. The van der Waals surface area contributed by atoms with Crippen LogP contribution in [0.1, 0.15) is 226 Å². The van der Waals surface area contributed by atoms with Gasteiger partial charge in [-0.3, -0.25) is 23.4 Å². The predicted octanol–water partition coefficient (Wildman–Crippen LogP) is 16.5. The number of aliphatic hydroxyl groups is 1. The van der Waals surface area contributed by atoms with Gasteiger partial charge in [-0.2, -0.15) is 0 Å². The molecule has 0 aliphatic rings. The van der Waals surface area contributed by atoms with Crippen LogP contribution >= 0.6 is 7.82 Å². The average molecular weight is 1030 g/mol. The number of rotatable bonds is 51. The molecular formula is C60H101O11P. The summed E-state index contributed by atoms with van der Waals surface area (Å²) in [6, 6.07) is 0. The van der Waals surface area contributed by atoms with Gasteiger partial charge in [0.25, 0.3) is 0 Å². The van der Waals surface area contributed by atoms with E-state index < -0.39 is 64.4 Å². The van der Waals surface area contributed by atoms with Crippen molar-refractivity contribution in [2.45, 2.75) is 238 Å². The van der Waals surface area contributed by atoms with Crippen molar-refractivity contribution in [1.82, 2.24) is 0 Å². The summed E-state index contributed by atoms with van der Waals surface area (Å²) in [5.74, 6) is -1.64. The Kier molecular flexibility index (Phi) is 51.0. The number of hydrogen-bond donors (Lipinski definition) is 2. The van der Waals surface area contributed by atoms with Gasteiger partial charge in [0.15, 0.2) is 6.10 Å². The number of carbonyl (C=O) groups excluding carboxylic acids is 3. The maximum atomic E-state index is 12.9. The highest BCUT2D eigenvalue weighted by Crippen LogP contribution is 2.43. The molecule has 2 N–H and O–H groups in total. The smallest absolute Gasteiger partial charge is 0.461 e. The third kappa shape index (κ3) is 51.3. The van der Waals surface area contributed by atoms with Gasteiger partial charge in [0.05, 0.1) is 26.2 Å². The zero-order valence-corrected chi connectivity index (χ0v) is 46.3. The maximum absolute atomic E-state index is 12.9. The Balaban J connectivity index is 4.84. The second-order valence-electron chi connectivity index (χ2n) is 18.4. The van der Waals surface area contributed by atoms with Gasteiger partial charge in [-0.1, -0.05) is 208 Å². The van der Waals surface area contributed by atoms with Crippen molar-refractivity contribution in [2.75, 3.05) is 26.4 Å². The summed E-state index contributed by atoms with van der Waals surface area (Å²) in [4.78, 5) is 48.4. The molecule has 72 heavy (non-hydrogen) atoms. The number of allylic oxidation sites excluding steroid dienone is 15. The van der Waals surface area contributed by atoms with Gasteiger partial charge in [0.1, 0.15) is 12.7 Å². The van der Waals surface area contributed by atoms with Crippen molar-refractivity contribution in [2.24, 2.45) is 0 Å². The van der Waals surface area contributed by atoms with E-state index in [1.165, 1.54) is 64.2 Å². The molecule has 0 aromatic rings. The fourth-order valence-corrected chi connectivity index (χ4v) is 7.99. The number of aliphatic hydroxyl groups excluding tert-OH is 1. The first-order valence-corrected chi connectivity index (χ1v) is 29.6. The Bertz CT molecular complexity index is 1580. The van der Waals surface area contributed by atoms with Crippen molar-refractivity contribution in [1.29, 1.82) is 0 Å². The molecule has 412 valence electrons. The summed E-state index contributed by atoms with van der Waals surface area (Å²) in [6.07, 6.45) is 62.6. The normalized spacial score (nSPS) is 14.1. The number of ether oxygens (including phenoxy) is 3. The summed E-state index contributed by atoms with van der Waals surface area (Å²) < 4.78 is 39.3. The number of hydrogen-bond acceptors (Lipinski definition) is 10. The van der Waals surface area contributed by atoms with Gasteiger partial charge in [0.2, 0.25) is 0 Å². The maximum Gasteiger partial charge on any atom is 0.472 e. The van der Waals surface area contributed by atoms with E-state index in [-0.39, 0.29) is 19.3 Å². The topological polar surface area (TPSA) is 155 Å². The lowest BCUT2D eigenvalue weighted by Gasteiger charge is -2.21. The van der Waals surface area contributed by atoms with E-state index in [0.717, 1.165) is 103 Å². The van der Waals surface area contributed by atoms with E-state index >= 15 is 0 Å². The molecule has 11 nitrogen and oxygen atoms in total. The van der Waals surface area contributed by atoms with Gasteiger partial charge in [-0.15, -0.1) is 0 Å². The molecular weight excluding hydrogens is 928 g/mol. The number of carbonyl (C=O) groups is 3. The minimum absolute atomic E-state index is 0.0102. The molecule has 0 saturated carbocycles. The van der Waals surface area contributed by atoms with Gasteiger partial charge >= 0.3 is 25.7 Å². The standard InChI is InChI=1S/C60H101O11P/c1-4-7-10-13-16-19-22-24-26-27-28-29-31-33-36-39-42-45-48-51-60(64)71-57(53-67-58(62)49-46-43-40-37-35-32-30-25-23-20-17-14-11-8-5-2)55-69-72(65,66)68-54-56(52-61)70-59(63)50-47-44-41-38-34-21-18-15-12-9-6-3/h8,11,15-20,24-26,30,35,37,43,46,56-57,61H,4-7,9-10,12-14,21-23,27-29,31-34,36,38-42,44-45,47-55H2,1-3H3,(H,65,66)/b11-8-,18-15-,19-16-,20-17-,26-24-,30-25-,37-35-,46-43-. The molecule has 3 unspecified atom stereocenters. The van der Waals surface area contributed by atoms with Crippen LogP contribution in [0.15, 0.2) is 97.2 Å². The van der Waals surface area contributed by atoms with Crippen molar-refractivity contribution in [3.05, 3.63) is 97.2 Å². The zero-order chi connectivity index (χ0) is 52.7. The van der Waals surface area contributed by atoms with Crippen molar-refractivity contribution in [3.63, 3.8) is 0 Å². The van der Waals surface area contributed by atoms with Gasteiger partial charge < -0.3 is 24.2 Å². The Morgan fingerprint density at radius 1 is 0.417 bits per heavy atom. The van der Waals surface area contributed by atoms with E-state index in [0.29, 0.717) is 19.3 Å². The molecule has 0 amide bonds. The van der Waals surface area contributed by atoms with Gasteiger partial charge in [-0.05, 0) is 96.3 Å². The van der Waals surface area contributed by atoms with Crippen molar-refractivity contribution < 1.29 is 52.2 Å². The lowest BCUT2D eigenvalue weighted by atomic mass is 10.1. The van der Waals surface area contributed by atoms with Crippen molar-refractivity contribution in [3.8, 4) is 0 Å². The Morgan fingerprint density at radius 2 is 0.778 bits per heavy atom. The molecule has 0 rings (SSSR count). The van der Waals surface area contributed by atoms with Crippen LogP contribution in [0.3, 0.4) is 0 Å². The molecule has 0 heterocycles. The lowest BCUT2D eigenvalue weighted by molar-refractivity contribution is -0.161. The molecule has 0 aliphatic heterocycles. The van der Waals surface area contributed by atoms with Crippen LogP contribution in [0.25, 0.3) is 0 Å². The molecule has 0 radical (unpaired) electrons. The SMILES string of the molecule is CC/C=C\C/C=C\C/C=C\C/C=C\C/C=C\CC(=O)OCC(COP(=O)(O)OCC(CO)OC(=O)CCCCCCC/C=C\CCCC)OC(=O)CCCCCCCCCCC/C=C\C/C=C\CCCCC. The minimum Gasteiger partial charge on any atom is -0.461 e. The van der Waals surface area contributed by atoms with Crippen LogP contribution < -0.4 is 0 Å². The second-order valence-corrected chi connectivity index (χ2v) is 19.8. The first-order chi connectivity index (χ1) is 35.2. The fraction of sp³-hybridized carbons (Fsp3) is 0.683. The second kappa shape index (κ2) is 53.7. The molecule has 0 spiro atoms. The largest absolute Gasteiger partial charge is 0.472 e. The van der Waals surface area contributed by atoms with E-state index in [4.69, 9.17) is 23.3 Å². The van der Waals surface area contributed by atoms with Crippen molar-refractivity contribution >= 4 is 25.7 Å². The molecule has 0 aromatic heterocycles. The van der Waals surface area contributed by atoms with E-state index in [2.05, 4.69) is 99.8 Å². The molecule has 0 fully saturated rings. The van der Waals surface area contributed by atoms with Crippen LogP contribution in [-0.2, 0) is 42.2 Å². The quantitative estimate of drug-likeness (QED) is 0.0197. The number of phosphoric ester groups is 1. The number of esters is 3. The highest BCUT2D eigenvalue weighted by molar-refractivity contribution is 7.47. The summed E-state index contributed by atoms with van der Waals surface area (Å²) >= 11 is 0. The van der Waals surface area contributed by atoms with Gasteiger partial charge in [-0.25, -0.2) is 4.57 Å². The molecule has 3 atom stereocenters. The Hall–Kier alpha value is -3.60. The summed E-state index contributed by atoms with van der Waals surface area (Å²) in [6.45, 7) is 4.33. The molecule has 0 bridgehead atoms. The van der Waals surface area contributed by atoms with Crippen LogP contribution in [0.4, 0.5) is 0 Å². The van der Waals surface area contributed by atoms with Gasteiger partial charge in [0, 0.05) is 12.8 Å². The molecule has 0 saturated heterocycles. The first-order valence-electron chi connectivity index (χ1n) is 28.1. The Labute approximate surface area is 438 Å². The Morgan fingerprint density at radius 3 is 1.24 bits per heavy atom. The van der Waals surface area contributed by atoms with E-state index in [9.17, 15) is 28.9 Å². The molecule has 0 aromatic carbocycles. The van der Waals surface area contributed by atoms with Crippen LogP contribution in [0.2, 0.25) is 0 Å². The van der Waals surface area contributed by atoms with Crippen LogP contribution in [0.5, 0.6) is 0 Å². The highest BCUT2D eigenvalue weighted by Gasteiger charge is 2.28. The lowest BCUT2D eigenvalue weighted by Crippen LogP contribution is -2.30.